The van der Waals surface area contributed by atoms with Crippen molar-refractivity contribution in [1.29, 1.82) is 0 Å². The molecular formula is C35H41N7O5S. The van der Waals surface area contributed by atoms with Crippen molar-refractivity contribution in [3.05, 3.63) is 77.9 Å². The van der Waals surface area contributed by atoms with Crippen LogP contribution in [0.4, 0.5) is 34.6 Å². The van der Waals surface area contributed by atoms with E-state index in [0.29, 0.717) is 55.1 Å². The topological polar surface area (TPSA) is 130 Å². The summed E-state index contributed by atoms with van der Waals surface area (Å²) in [7, 11) is -0.443. The van der Waals surface area contributed by atoms with Crippen molar-refractivity contribution in [3.8, 4) is 11.5 Å². The molecule has 2 fully saturated rings. The number of nitrogens with zero attached hydrogens (tertiary/aromatic N) is 4. The monoisotopic (exact) mass is 671 g/mol. The minimum Gasteiger partial charge on any atom is -0.497 e. The number of ether oxygens (including phenoxy) is 3. The van der Waals surface area contributed by atoms with Crippen LogP contribution in [0.3, 0.4) is 0 Å². The maximum Gasteiger partial charge on any atom is 0.242 e. The SMILES string of the molecule is COc1ccc(CN2CCc3c(Nc4ccccc4S(=O)(=O)NC4CCC4)nc(Nc4ccc(N5CCOCC5)cc4OC)nc32)cc1. The van der Waals surface area contributed by atoms with Gasteiger partial charge in [-0.3, -0.25) is 0 Å². The molecule has 0 radical (unpaired) electrons. The van der Waals surface area contributed by atoms with E-state index in [9.17, 15) is 8.42 Å². The van der Waals surface area contributed by atoms with E-state index < -0.39 is 10.0 Å². The first-order chi connectivity index (χ1) is 23.4. The lowest BCUT2D eigenvalue weighted by Gasteiger charge is -2.29. The molecular weight excluding hydrogens is 630 g/mol. The van der Waals surface area contributed by atoms with Gasteiger partial charge in [0.15, 0.2) is 0 Å². The second kappa shape index (κ2) is 13.9. The molecule has 48 heavy (non-hydrogen) atoms. The number of anilines is 6. The average Bonchev–Trinajstić information content (AvgIpc) is 3.50. The summed E-state index contributed by atoms with van der Waals surface area (Å²) in [5.41, 5.74) is 4.26. The van der Waals surface area contributed by atoms with Gasteiger partial charge in [0.25, 0.3) is 0 Å². The molecule has 7 rings (SSSR count). The Morgan fingerprint density at radius 3 is 2.42 bits per heavy atom. The Balaban J connectivity index is 1.23. The fourth-order valence-corrected chi connectivity index (χ4v) is 7.71. The van der Waals surface area contributed by atoms with Gasteiger partial charge in [-0.05, 0) is 61.2 Å². The van der Waals surface area contributed by atoms with Crippen LogP contribution in [0.15, 0.2) is 71.6 Å². The standard InChI is InChI=1S/C35H41N7O5S/c1-45-27-13-10-24(11-14-27)23-42-17-16-28-33(36-30-8-3-4-9-32(30)48(43,44)40-25-6-5-7-25)38-35(39-34(28)42)37-29-15-12-26(22-31(29)46-2)41-18-20-47-21-19-41/h3-4,8-15,22,25,40H,5-7,16-21,23H2,1-2H3,(H2,36,37,38,39). The second-order valence-corrected chi connectivity index (χ2v) is 13.9. The number of fused-ring (bicyclic) bond motifs is 1. The van der Waals surface area contributed by atoms with E-state index in [4.69, 9.17) is 24.2 Å². The van der Waals surface area contributed by atoms with Crippen LogP contribution in [-0.4, -0.2) is 71.5 Å². The van der Waals surface area contributed by atoms with Crippen molar-refractivity contribution in [2.45, 2.75) is 43.2 Å². The first kappa shape index (κ1) is 32.0. The first-order valence-electron chi connectivity index (χ1n) is 16.3. The third kappa shape index (κ3) is 6.84. The zero-order chi connectivity index (χ0) is 33.1. The number of sulfonamides is 1. The van der Waals surface area contributed by atoms with Crippen LogP contribution >= 0.6 is 0 Å². The van der Waals surface area contributed by atoms with Crippen LogP contribution in [0.5, 0.6) is 11.5 Å². The predicted octanol–water partition coefficient (Wildman–Crippen LogP) is 5.21. The molecule has 12 nitrogen and oxygen atoms in total. The number of nitrogens with one attached hydrogen (secondary N) is 3. The molecule has 1 saturated heterocycles. The number of hydrogen-bond donors (Lipinski definition) is 3. The average molecular weight is 672 g/mol. The van der Waals surface area contributed by atoms with E-state index in [1.165, 1.54) is 0 Å². The van der Waals surface area contributed by atoms with Gasteiger partial charge in [0.05, 0.1) is 38.8 Å². The fraction of sp³-hybridized carbons (Fsp3) is 0.371. The Morgan fingerprint density at radius 2 is 1.69 bits per heavy atom. The van der Waals surface area contributed by atoms with Crippen molar-refractivity contribution >= 4 is 44.7 Å². The van der Waals surface area contributed by atoms with Gasteiger partial charge >= 0.3 is 0 Å². The second-order valence-electron chi connectivity index (χ2n) is 12.2. The van der Waals surface area contributed by atoms with E-state index in [1.54, 1.807) is 32.4 Å². The Hall–Kier alpha value is -4.59. The third-order valence-corrected chi connectivity index (χ3v) is 10.7. The van der Waals surface area contributed by atoms with Crippen LogP contribution in [0.1, 0.15) is 30.4 Å². The highest BCUT2D eigenvalue weighted by molar-refractivity contribution is 7.89. The van der Waals surface area contributed by atoms with Gasteiger partial charge in [0, 0.05) is 49.5 Å². The van der Waals surface area contributed by atoms with Crippen LogP contribution < -0.4 is 34.6 Å². The molecule has 0 spiro atoms. The molecule has 1 saturated carbocycles. The Morgan fingerprint density at radius 1 is 0.896 bits per heavy atom. The maximum absolute atomic E-state index is 13.5. The Bertz CT molecular complexity index is 1860. The van der Waals surface area contributed by atoms with Gasteiger partial charge in [0.2, 0.25) is 16.0 Å². The molecule has 1 aliphatic carbocycles. The van der Waals surface area contributed by atoms with Gasteiger partial charge in [0.1, 0.15) is 28.0 Å². The summed E-state index contributed by atoms with van der Waals surface area (Å²) in [5, 5.41) is 6.78. The lowest BCUT2D eigenvalue weighted by atomic mass is 9.94. The number of para-hydroxylation sites is 1. The number of morpholine rings is 1. The summed E-state index contributed by atoms with van der Waals surface area (Å²) >= 11 is 0. The number of rotatable bonds is 12. The number of methoxy groups -OCH3 is 2. The summed E-state index contributed by atoms with van der Waals surface area (Å²) < 4.78 is 46.5. The number of hydrogen-bond acceptors (Lipinski definition) is 11. The lowest BCUT2D eigenvalue weighted by molar-refractivity contribution is 0.122. The lowest BCUT2D eigenvalue weighted by Crippen LogP contribution is -2.39. The van der Waals surface area contributed by atoms with Crippen LogP contribution in [0, 0.1) is 0 Å². The summed E-state index contributed by atoms with van der Waals surface area (Å²) in [6, 6.07) is 21.0. The molecule has 13 heteroatoms. The van der Waals surface area contributed by atoms with Gasteiger partial charge in [-0.15, -0.1) is 0 Å². The minimum absolute atomic E-state index is 0.0294. The van der Waals surface area contributed by atoms with Gasteiger partial charge in [-0.1, -0.05) is 30.7 Å². The predicted molar refractivity (Wildman–Crippen MR) is 187 cm³/mol. The molecule has 0 amide bonds. The van der Waals surface area contributed by atoms with Crippen molar-refractivity contribution < 1.29 is 22.6 Å². The smallest absolute Gasteiger partial charge is 0.242 e. The molecule has 1 aromatic heterocycles. The molecule has 252 valence electrons. The molecule has 0 atom stereocenters. The normalized spacial score (nSPS) is 16.3. The summed E-state index contributed by atoms with van der Waals surface area (Å²) in [6.45, 7) is 4.38. The fourth-order valence-electron chi connectivity index (χ4n) is 6.24. The highest BCUT2D eigenvalue weighted by atomic mass is 32.2. The Labute approximate surface area is 281 Å². The van der Waals surface area contributed by atoms with Crippen LogP contribution in [0.2, 0.25) is 0 Å². The van der Waals surface area contributed by atoms with E-state index >= 15 is 0 Å². The third-order valence-electron chi connectivity index (χ3n) is 9.11. The van der Waals surface area contributed by atoms with E-state index in [0.717, 1.165) is 67.3 Å². The highest BCUT2D eigenvalue weighted by Gasteiger charge is 2.29. The van der Waals surface area contributed by atoms with Crippen molar-refractivity contribution in [2.24, 2.45) is 0 Å². The molecule has 3 aromatic carbocycles. The molecule has 0 unspecified atom stereocenters. The van der Waals surface area contributed by atoms with Crippen LogP contribution in [0.25, 0.3) is 0 Å². The molecule has 3 N–H and O–H groups in total. The van der Waals surface area contributed by atoms with Gasteiger partial charge < -0.3 is 34.6 Å². The molecule has 4 aromatic rings. The molecule has 0 bridgehead atoms. The van der Waals surface area contributed by atoms with Gasteiger partial charge in [-0.2, -0.15) is 9.97 Å². The van der Waals surface area contributed by atoms with Crippen molar-refractivity contribution in [2.75, 3.05) is 67.5 Å². The van der Waals surface area contributed by atoms with Crippen LogP contribution in [-0.2, 0) is 27.7 Å². The first-order valence-corrected chi connectivity index (χ1v) is 17.8. The molecule has 3 heterocycles. The van der Waals surface area contributed by atoms with Crippen molar-refractivity contribution in [1.82, 2.24) is 14.7 Å². The summed E-state index contributed by atoms with van der Waals surface area (Å²) in [4.78, 5) is 14.6. The highest BCUT2D eigenvalue weighted by Crippen LogP contribution is 2.38. The van der Waals surface area contributed by atoms with E-state index in [1.807, 2.05) is 42.5 Å². The number of benzene rings is 3. The summed E-state index contributed by atoms with van der Waals surface area (Å²) in [5.74, 6) is 3.15. The quantitative estimate of drug-likeness (QED) is 0.184. The largest absolute Gasteiger partial charge is 0.497 e. The maximum atomic E-state index is 13.5. The molecule has 2 aliphatic heterocycles. The van der Waals surface area contributed by atoms with Crippen molar-refractivity contribution in [3.63, 3.8) is 0 Å². The minimum atomic E-state index is -3.74. The van der Waals surface area contributed by atoms with Gasteiger partial charge in [-0.25, -0.2) is 13.1 Å². The summed E-state index contributed by atoms with van der Waals surface area (Å²) in [6.07, 6.45) is 3.43. The van der Waals surface area contributed by atoms with E-state index in [-0.39, 0.29) is 10.9 Å². The molecule has 3 aliphatic rings. The number of aromatic nitrogens is 2. The zero-order valence-corrected chi connectivity index (χ0v) is 28.1. The Kier molecular flexibility index (Phi) is 9.24. The van der Waals surface area contributed by atoms with E-state index in [2.05, 4.69) is 31.2 Å². The zero-order valence-electron chi connectivity index (χ0n) is 27.2.